The lowest BCUT2D eigenvalue weighted by Crippen LogP contribution is -2.39. The molecule has 4 aromatic rings. The molecule has 0 spiro atoms. The Morgan fingerprint density at radius 2 is 1.48 bits per heavy atom. The maximum Gasteiger partial charge on any atom is 0.332 e. The fourth-order valence-corrected chi connectivity index (χ4v) is 4.50. The van der Waals surface area contributed by atoms with Crippen molar-refractivity contribution in [2.24, 2.45) is 14.1 Å². The van der Waals surface area contributed by atoms with Crippen LogP contribution in [0.2, 0.25) is 0 Å². The molecule has 0 saturated carbocycles. The van der Waals surface area contributed by atoms with E-state index in [1.165, 1.54) is 30.0 Å². The predicted octanol–water partition coefficient (Wildman–Crippen LogP) is 2.14. The highest BCUT2D eigenvalue weighted by Crippen LogP contribution is 2.37. The fraction of sp³-hybridized carbons (Fsp3) is 0.0952. The van der Waals surface area contributed by atoms with Crippen molar-refractivity contribution in [3.05, 3.63) is 84.9 Å². The second kappa shape index (κ2) is 5.92. The fourth-order valence-electron chi connectivity index (χ4n) is 3.78. The van der Waals surface area contributed by atoms with Crippen LogP contribution in [-0.2, 0) is 14.1 Å². The van der Waals surface area contributed by atoms with E-state index >= 15 is 0 Å². The molecule has 1 aromatic carbocycles. The largest absolute Gasteiger partial charge is 0.332 e. The van der Waals surface area contributed by atoms with Gasteiger partial charge in [0.05, 0.1) is 27.1 Å². The number of hydrogen-bond donors (Lipinski definition) is 0. The van der Waals surface area contributed by atoms with E-state index in [0.29, 0.717) is 10.6 Å². The van der Waals surface area contributed by atoms with Crippen LogP contribution in [0.4, 0.5) is 0 Å². The zero-order valence-electron chi connectivity index (χ0n) is 15.4. The number of thiophene rings is 1. The van der Waals surface area contributed by atoms with Crippen LogP contribution >= 0.6 is 11.3 Å². The summed E-state index contributed by atoms with van der Waals surface area (Å²) in [5.74, 6) is -0.778. The summed E-state index contributed by atoms with van der Waals surface area (Å²) in [4.78, 5) is 57.5. The number of hydrogen-bond acceptors (Lipinski definition) is 6. The van der Waals surface area contributed by atoms with Gasteiger partial charge in [-0.25, -0.2) is 9.78 Å². The highest BCUT2D eigenvalue weighted by atomic mass is 32.1. The van der Waals surface area contributed by atoms with Crippen LogP contribution in [0.3, 0.4) is 0 Å². The normalized spacial score (nSPS) is 12.9. The Balaban J connectivity index is 2.07. The molecular weight excluding hydrogens is 390 g/mol. The Labute approximate surface area is 167 Å². The number of carbonyl (C=O) groups is 2. The molecule has 0 fully saturated rings. The number of ketones is 2. The summed E-state index contributed by atoms with van der Waals surface area (Å²) in [6.07, 6.45) is 0. The van der Waals surface area contributed by atoms with Gasteiger partial charge in [-0.3, -0.25) is 23.5 Å². The number of aromatic nitrogens is 3. The van der Waals surface area contributed by atoms with Gasteiger partial charge in [-0.15, -0.1) is 11.3 Å². The number of rotatable bonds is 1. The first-order chi connectivity index (χ1) is 13.9. The van der Waals surface area contributed by atoms with Crippen LogP contribution in [0.15, 0.2) is 51.4 Å². The smallest absolute Gasteiger partial charge is 0.289 e. The summed E-state index contributed by atoms with van der Waals surface area (Å²) in [6.45, 7) is 0. The number of aryl methyl sites for hydroxylation is 1. The predicted molar refractivity (Wildman–Crippen MR) is 109 cm³/mol. The summed E-state index contributed by atoms with van der Waals surface area (Å²) in [7, 11) is 2.83. The maximum absolute atomic E-state index is 13.4. The molecule has 0 radical (unpaired) electrons. The van der Waals surface area contributed by atoms with Gasteiger partial charge in [0.2, 0.25) is 0 Å². The topological polar surface area (TPSA) is 91.0 Å². The van der Waals surface area contributed by atoms with Crippen LogP contribution < -0.4 is 11.2 Å². The third-order valence-electron chi connectivity index (χ3n) is 5.21. The Morgan fingerprint density at radius 1 is 0.828 bits per heavy atom. The van der Waals surface area contributed by atoms with Gasteiger partial charge in [-0.2, -0.15) is 0 Å². The second-order valence-corrected chi connectivity index (χ2v) is 7.74. The molecule has 8 heteroatoms. The third kappa shape index (κ3) is 2.20. The molecular formula is C21H13N3O4S. The van der Waals surface area contributed by atoms with E-state index in [1.807, 2.05) is 11.4 Å². The minimum Gasteiger partial charge on any atom is -0.289 e. The molecule has 3 heterocycles. The maximum atomic E-state index is 13.4. The molecule has 0 atom stereocenters. The van der Waals surface area contributed by atoms with Crippen molar-refractivity contribution in [1.82, 2.24) is 14.1 Å². The van der Waals surface area contributed by atoms with Crippen molar-refractivity contribution in [2.45, 2.75) is 0 Å². The van der Waals surface area contributed by atoms with E-state index in [1.54, 1.807) is 30.3 Å². The number of carbonyl (C=O) groups excluding carboxylic acids is 2. The van der Waals surface area contributed by atoms with E-state index < -0.39 is 17.0 Å². The number of benzene rings is 1. The van der Waals surface area contributed by atoms with Crippen molar-refractivity contribution in [1.29, 1.82) is 0 Å². The zero-order chi connectivity index (χ0) is 20.4. The number of fused-ring (bicyclic) bond motifs is 4. The van der Waals surface area contributed by atoms with Crippen LogP contribution in [0.5, 0.6) is 0 Å². The van der Waals surface area contributed by atoms with Crippen molar-refractivity contribution < 1.29 is 9.59 Å². The Bertz CT molecular complexity index is 1490. The summed E-state index contributed by atoms with van der Waals surface area (Å²) in [6, 6.07) is 10.1. The molecule has 1 aliphatic carbocycles. The second-order valence-electron chi connectivity index (χ2n) is 6.80. The molecule has 0 saturated heterocycles. The average molecular weight is 403 g/mol. The molecule has 0 bridgehead atoms. The lowest BCUT2D eigenvalue weighted by molar-refractivity contribution is 0.0980. The van der Waals surface area contributed by atoms with Crippen LogP contribution in [0.1, 0.15) is 31.8 Å². The highest BCUT2D eigenvalue weighted by Gasteiger charge is 2.36. The summed E-state index contributed by atoms with van der Waals surface area (Å²) < 4.78 is 2.15. The SMILES string of the molecule is Cn1c(=O)c2c3c(c(-c4cccs4)nc2n(C)c1=O)C(=O)c1ccccc1C3=O. The van der Waals surface area contributed by atoms with Gasteiger partial charge in [-0.1, -0.05) is 30.3 Å². The zero-order valence-corrected chi connectivity index (χ0v) is 16.2. The lowest BCUT2D eigenvalue weighted by atomic mass is 9.82. The first kappa shape index (κ1) is 17.4. The Hall–Kier alpha value is -3.65. The summed E-state index contributed by atoms with van der Waals surface area (Å²) in [5, 5.41) is 1.82. The van der Waals surface area contributed by atoms with Crippen LogP contribution in [-0.4, -0.2) is 25.7 Å². The first-order valence-corrected chi connectivity index (χ1v) is 9.65. The first-order valence-electron chi connectivity index (χ1n) is 8.78. The van der Waals surface area contributed by atoms with Gasteiger partial charge in [0, 0.05) is 25.2 Å². The summed E-state index contributed by atoms with van der Waals surface area (Å²) in [5.41, 5.74) is -0.166. The molecule has 29 heavy (non-hydrogen) atoms. The molecule has 5 rings (SSSR count). The van der Waals surface area contributed by atoms with Crippen molar-refractivity contribution in [2.75, 3.05) is 0 Å². The summed E-state index contributed by atoms with van der Waals surface area (Å²) >= 11 is 1.36. The van der Waals surface area contributed by atoms with E-state index in [9.17, 15) is 19.2 Å². The molecule has 3 aromatic heterocycles. The van der Waals surface area contributed by atoms with E-state index in [0.717, 1.165) is 4.57 Å². The van der Waals surface area contributed by atoms with Gasteiger partial charge in [0.15, 0.2) is 17.2 Å². The van der Waals surface area contributed by atoms with Crippen LogP contribution in [0, 0.1) is 0 Å². The van der Waals surface area contributed by atoms with Gasteiger partial charge >= 0.3 is 5.69 Å². The van der Waals surface area contributed by atoms with Crippen molar-refractivity contribution in [3.63, 3.8) is 0 Å². The molecule has 7 nitrogen and oxygen atoms in total. The molecule has 0 amide bonds. The molecule has 0 aliphatic heterocycles. The molecule has 1 aliphatic rings. The number of nitrogens with zero attached hydrogens (tertiary/aromatic N) is 3. The molecule has 0 N–H and O–H groups in total. The van der Waals surface area contributed by atoms with E-state index in [-0.39, 0.29) is 39.1 Å². The van der Waals surface area contributed by atoms with Crippen molar-refractivity contribution in [3.8, 4) is 10.6 Å². The minimum absolute atomic E-state index is 0.0123. The molecule has 0 unspecified atom stereocenters. The lowest BCUT2D eigenvalue weighted by Gasteiger charge is -2.21. The average Bonchev–Trinajstić information content (AvgIpc) is 3.28. The van der Waals surface area contributed by atoms with E-state index in [2.05, 4.69) is 4.98 Å². The van der Waals surface area contributed by atoms with Gasteiger partial charge in [0.25, 0.3) is 5.56 Å². The third-order valence-corrected chi connectivity index (χ3v) is 6.09. The van der Waals surface area contributed by atoms with Crippen LogP contribution in [0.25, 0.3) is 21.6 Å². The monoisotopic (exact) mass is 403 g/mol. The quantitative estimate of drug-likeness (QED) is 0.428. The van der Waals surface area contributed by atoms with Crippen molar-refractivity contribution >= 4 is 33.9 Å². The standard InChI is InChI=1S/C21H13N3O4S/c1-23-19-15(20(27)24(2)21(23)28)13-14(16(22-19)12-8-5-9-29-12)18(26)11-7-4-3-6-10(11)17(13)25/h3-9H,1-2H3. The van der Waals surface area contributed by atoms with Gasteiger partial charge in [-0.05, 0) is 11.4 Å². The molecule has 142 valence electrons. The Kier molecular flexibility index (Phi) is 3.56. The number of pyridine rings is 1. The highest BCUT2D eigenvalue weighted by molar-refractivity contribution is 7.13. The van der Waals surface area contributed by atoms with E-state index in [4.69, 9.17) is 0 Å². The van der Waals surface area contributed by atoms with Gasteiger partial charge < -0.3 is 0 Å². The van der Waals surface area contributed by atoms with Gasteiger partial charge in [0.1, 0.15) is 0 Å². The minimum atomic E-state index is -0.648. The Morgan fingerprint density at radius 3 is 2.10 bits per heavy atom.